The molecule has 1 unspecified atom stereocenters. The molecule has 0 fully saturated rings. The number of aryl methyl sites for hydroxylation is 2. The van der Waals surface area contributed by atoms with Crippen LogP contribution in [-0.4, -0.2) is 27.6 Å². The number of nitrogens with zero attached hydrogens (tertiary/aromatic N) is 1. The van der Waals surface area contributed by atoms with Crippen LogP contribution in [0.3, 0.4) is 0 Å². The molecule has 0 saturated carbocycles. The molecule has 0 aliphatic carbocycles. The van der Waals surface area contributed by atoms with Crippen LogP contribution in [0.15, 0.2) is 53.5 Å². The molecule has 0 bridgehead atoms. The minimum absolute atomic E-state index is 0.0436. The first-order chi connectivity index (χ1) is 11.5. The highest BCUT2D eigenvalue weighted by molar-refractivity contribution is 5.83. The summed E-state index contributed by atoms with van der Waals surface area (Å²) in [6, 6.07) is 11.6. The van der Waals surface area contributed by atoms with Crippen molar-refractivity contribution in [1.82, 2.24) is 9.88 Å². The highest BCUT2D eigenvalue weighted by atomic mass is 16.4. The molecule has 126 valence electrons. The Labute approximate surface area is 139 Å². The third-order valence-corrected chi connectivity index (χ3v) is 3.71. The summed E-state index contributed by atoms with van der Waals surface area (Å²) in [6.45, 7) is 1.92. The van der Waals surface area contributed by atoms with Crippen LogP contribution in [0.5, 0.6) is 0 Å². The average molecular weight is 328 g/mol. The summed E-state index contributed by atoms with van der Waals surface area (Å²) in [6.07, 6.45) is 1.87. The first-order valence-corrected chi connectivity index (χ1v) is 7.69. The molecule has 0 spiro atoms. The Morgan fingerprint density at radius 2 is 1.88 bits per heavy atom. The highest BCUT2D eigenvalue weighted by Gasteiger charge is 2.20. The zero-order valence-electron chi connectivity index (χ0n) is 13.4. The lowest BCUT2D eigenvalue weighted by Gasteiger charge is -2.15. The number of carboxylic acids is 1. The summed E-state index contributed by atoms with van der Waals surface area (Å²) in [5.41, 5.74) is 1.29. The molecule has 0 aliphatic heterocycles. The maximum Gasteiger partial charge on any atom is 0.326 e. The van der Waals surface area contributed by atoms with Gasteiger partial charge in [-0.05, 0) is 18.6 Å². The number of hydrogen-bond donors (Lipinski definition) is 2. The summed E-state index contributed by atoms with van der Waals surface area (Å²) in [5.74, 6) is -1.48. The van der Waals surface area contributed by atoms with E-state index in [9.17, 15) is 19.5 Å². The summed E-state index contributed by atoms with van der Waals surface area (Å²) < 4.78 is 1.45. The third kappa shape index (κ3) is 4.81. The van der Waals surface area contributed by atoms with Gasteiger partial charge in [-0.25, -0.2) is 4.79 Å². The molecular formula is C18H20N2O4. The fourth-order valence-electron chi connectivity index (χ4n) is 2.37. The van der Waals surface area contributed by atoms with Crippen molar-refractivity contribution in [3.63, 3.8) is 0 Å². The smallest absolute Gasteiger partial charge is 0.326 e. The van der Waals surface area contributed by atoms with Crippen LogP contribution in [0.25, 0.3) is 0 Å². The maximum absolute atomic E-state index is 12.0. The first kappa shape index (κ1) is 17.5. The van der Waals surface area contributed by atoms with Crippen LogP contribution >= 0.6 is 0 Å². The second kappa shape index (κ2) is 8.10. The fourth-order valence-corrected chi connectivity index (χ4v) is 2.37. The van der Waals surface area contributed by atoms with Gasteiger partial charge in [-0.1, -0.05) is 36.4 Å². The Kier molecular flexibility index (Phi) is 5.89. The van der Waals surface area contributed by atoms with Gasteiger partial charge < -0.3 is 15.0 Å². The van der Waals surface area contributed by atoms with Crippen molar-refractivity contribution in [2.45, 2.75) is 32.4 Å². The Balaban J connectivity index is 1.94. The third-order valence-electron chi connectivity index (χ3n) is 3.71. The number of rotatable bonds is 7. The summed E-state index contributed by atoms with van der Waals surface area (Å²) in [7, 11) is 0. The molecular weight excluding hydrogens is 308 g/mol. The predicted molar refractivity (Wildman–Crippen MR) is 89.8 cm³/mol. The molecule has 1 aromatic carbocycles. The van der Waals surface area contributed by atoms with E-state index in [2.05, 4.69) is 5.32 Å². The minimum Gasteiger partial charge on any atom is -0.480 e. The monoisotopic (exact) mass is 328 g/mol. The van der Waals surface area contributed by atoms with Crippen molar-refractivity contribution >= 4 is 11.9 Å². The molecule has 0 saturated heterocycles. The Hall–Kier alpha value is -2.89. The van der Waals surface area contributed by atoms with Crippen molar-refractivity contribution in [1.29, 1.82) is 0 Å². The molecule has 1 atom stereocenters. The topological polar surface area (TPSA) is 88.4 Å². The van der Waals surface area contributed by atoms with Crippen LogP contribution in [0, 0.1) is 6.92 Å². The van der Waals surface area contributed by atoms with Gasteiger partial charge in [0.15, 0.2) is 0 Å². The van der Waals surface area contributed by atoms with Crippen molar-refractivity contribution in [3.8, 4) is 0 Å². The van der Waals surface area contributed by atoms with E-state index in [4.69, 9.17) is 0 Å². The summed E-state index contributed by atoms with van der Waals surface area (Å²) in [5, 5.41) is 11.8. The zero-order valence-corrected chi connectivity index (χ0v) is 13.4. The van der Waals surface area contributed by atoms with Crippen LogP contribution in [0.2, 0.25) is 0 Å². The van der Waals surface area contributed by atoms with Crippen LogP contribution in [0.1, 0.15) is 17.5 Å². The summed E-state index contributed by atoms with van der Waals surface area (Å²) in [4.78, 5) is 35.3. The molecule has 2 rings (SSSR count). The molecule has 1 heterocycles. The molecule has 0 aliphatic rings. The largest absolute Gasteiger partial charge is 0.480 e. The van der Waals surface area contributed by atoms with Crippen LogP contribution < -0.4 is 10.9 Å². The molecule has 2 N–H and O–H groups in total. The van der Waals surface area contributed by atoms with E-state index in [1.54, 1.807) is 25.3 Å². The van der Waals surface area contributed by atoms with Crippen molar-refractivity contribution in [2.24, 2.45) is 0 Å². The highest BCUT2D eigenvalue weighted by Crippen LogP contribution is 2.04. The van der Waals surface area contributed by atoms with Gasteiger partial charge in [-0.15, -0.1) is 0 Å². The lowest BCUT2D eigenvalue weighted by molar-refractivity contribution is -0.141. The Morgan fingerprint density at radius 3 is 2.54 bits per heavy atom. The summed E-state index contributed by atoms with van der Waals surface area (Å²) >= 11 is 0. The molecule has 24 heavy (non-hydrogen) atoms. The lowest BCUT2D eigenvalue weighted by atomic mass is 10.1. The minimum atomic E-state index is -1.08. The molecule has 6 nitrogen and oxygen atoms in total. The number of carbonyl (C=O) groups is 2. The van der Waals surface area contributed by atoms with Gasteiger partial charge in [0.1, 0.15) is 6.04 Å². The quantitative estimate of drug-likeness (QED) is 0.803. The SMILES string of the molecule is Cc1cccn(CCC(=O)NC(Cc2ccccc2)C(=O)O)c1=O. The van der Waals surface area contributed by atoms with Crippen LogP contribution in [0.4, 0.5) is 0 Å². The van der Waals surface area contributed by atoms with E-state index in [0.717, 1.165) is 5.56 Å². The number of carboxylic acid groups (broad SMARTS) is 1. The van der Waals surface area contributed by atoms with E-state index in [0.29, 0.717) is 5.56 Å². The second-order valence-electron chi connectivity index (χ2n) is 5.59. The van der Waals surface area contributed by atoms with Gasteiger partial charge in [-0.3, -0.25) is 9.59 Å². The van der Waals surface area contributed by atoms with Crippen molar-refractivity contribution < 1.29 is 14.7 Å². The average Bonchev–Trinajstić information content (AvgIpc) is 2.56. The zero-order chi connectivity index (χ0) is 17.5. The fraction of sp³-hybridized carbons (Fsp3) is 0.278. The lowest BCUT2D eigenvalue weighted by Crippen LogP contribution is -2.42. The predicted octanol–water partition coefficient (Wildman–Crippen LogP) is 1.36. The molecule has 1 amide bonds. The second-order valence-corrected chi connectivity index (χ2v) is 5.59. The van der Waals surface area contributed by atoms with E-state index in [1.165, 1.54) is 4.57 Å². The Morgan fingerprint density at radius 1 is 1.17 bits per heavy atom. The van der Waals surface area contributed by atoms with Crippen molar-refractivity contribution in [3.05, 3.63) is 70.1 Å². The van der Waals surface area contributed by atoms with Gasteiger partial charge in [0, 0.05) is 31.1 Å². The van der Waals surface area contributed by atoms with E-state index in [1.807, 2.05) is 30.3 Å². The number of nitrogens with one attached hydrogen (secondary N) is 1. The first-order valence-electron chi connectivity index (χ1n) is 7.69. The Bertz CT molecular complexity index is 768. The van der Waals surface area contributed by atoms with Crippen molar-refractivity contribution in [2.75, 3.05) is 0 Å². The van der Waals surface area contributed by atoms with Gasteiger partial charge in [0.25, 0.3) is 5.56 Å². The molecule has 1 aromatic heterocycles. The number of carbonyl (C=O) groups excluding carboxylic acids is 1. The normalized spacial score (nSPS) is 11.7. The standard InChI is InChI=1S/C18H20N2O4/c1-13-6-5-10-20(17(13)22)11-9-16(21)19-15(18(23)24)12-14-7-3-2-4-8-14/h2-8,10,15H,9,11-12H2,1H3,(H,19,21)(H,23,24). The van der Waals surface area contributed by atoms with E-state index < -0.39 is 17.9 Å². The number of benzene rings is 1. The van der Waals surface area contributed by atoms with E-state index in [-0.39, 0.29) is 24.9 Å². The van der Waals surface area contributed by atoms with Gasteiger partial charge >= 0.3 is 5.97 Å². The maximum atomic E-state index is 12.0. The molecule has 2 aromatic rings. The van der Waals surface area contributed by atoms with Crippen LogP contribution in [-0.2, 0) is 22.6 Å². The number of aromatic nitrogens is 1. The molecule has 0 radical (unpaired) electrons. The number of aliphatic carboxylic acids is 1. The number of amides is 1. The van der Waals surface area contributed by atoms with E-state index >= 15 is 0 Å². The van der Waals surface area contributed by atoms with Gasteiger partial charge in [0.05, 0.1) is 0 Å². The number of pyridine rings is 1. The number of hydrogen-bond acceptors (Lipinski definition) is 3. The molecule has 6 heteroatoms. The van der Waals surface area contributed by atoms with Gasteiger partial charge in [0.2, 0.25) is 5.91 Å². The van der Waals surface area contributed by atoms with Gasteiger partial charge in [-0.2, -0.15) is 0 Å².